The molecule has 0 aliphatic carbocycles. The van der Waals surface area contributed by atoms with Crippen LogP contribution in [0.5, 0.6) is 0 Å². The molecule has 1 atom stereocenters. The standard InChI is InChI=1S/C17H16ClN3O2/c1-11-6-8-14(23-11)12(2)19-16(22)9-7-13-17(18)20-15-5-3-4-10-21(13)15/h3-10,12H,1-2H3,(H,19,22)/b9-7+. The molecule has 0 aromatic carbocycles. The Kier molecular flexibility index (Phi) is 4.21. The van der Waals surface area contributed by atoms with E-state index in [1.54, 1.807) is 6.08 Å². The van der Waals surface area contributed by atoms with E-state index in [4.69, 9.17) is 16.0 Å². The van der Waals surface area contributed by atoms with Gasteiger partial charge in [-0.1, -0.05) is 17.7 Å². The summed E-state index contributed by atoms with van der Waals surface area (Å²) in [4.78, 5) is 16.3. The van der Waals surface area contributed by atoms with Crippen LogP contribution in [0.4, 0.5) is 0 Å². The highest BCUT2D eigenvalue weighted by atomic mass is 35.5. The lowest BCUT2D eigenvalue weighted by atomic mass is 10.2. The van der Waals surface area contributed by atoms with Crippen molar-refractivity contribution in [1.82, 2.24) is 14.7 Å². The third kappa shape index (κ3) is 3.29. The van der Waals surface area contributed by atoms with Crippen LogP contribution in [-0.4, -0.2) is 15.3 Å². The Morgan fingerprint density at radius 3 is 2.96 bits per heavy atom. The molecule has 6 heteroatoms. The fraction of sp³-hybridized carbons (Fsp3) is 0.176. The van der Waals surface area contributed by atoms with Crippen molar-refractivity contribution in [2.24, 2.45) is 0 Å². The second-order valence-corrected chi connectivity index (χ2v) is 5.59. The minimum atomic E-state index is -0.228. The van der Waals surface area contributed by atoms with Gasteiger partial charge in [0.15, 0.2) is 5.15 Å². The second-order valence-electron chi connectivity index (χ2n) is 5.23. The maximum Gasteiger partial charge on any atom is 0.244 e. The van der Waals surface area contributed by atoms with Gasteiger partial charge >= 0.3 is 0 Å². The van der Waals surface area contributed by atoms with Crippen LogP contribution in [0.2, 0.25) is 5.15 Å². The number of halogens is 1. The van der Waals surface area contributed by atoms with Crippen LogP contribution in [0.3, 0.4) is 0 Å². The number of nitrogens with zero attached hydrogens (tertiary/aromatic N) is 2. The molecule has 0 aliphatic rings. The van der Waals surface area contributed by atoms with Crippen LogP contribution >= 0.6 is 11.6 Å². The molecule has 3 heterocycles. The molecule has 3 aromatic rings. The van der Waals surface area contributed by atoms with E-state index in [0.29, 0.717) is 10.8 Å². The summed E-state index contributed by atoms with van der Waals surface area (Å²) in [6.45, 7) is 3.73. The fourth-order valence-corrected chi connectivity index (χ4v) is 2.55. The molecular weight excluding hydrogens is 314 g/mol. The average molecular weight is 330 g/mol. The second kappa shape index (κ2) is 6.30. The summed E-state index contributed by atoms with van der Waals surface area (Å²) in [7, 11) is 0. The molecule has 3 rings (SSSR count). The predicted octanol–water partition coefficient (Wildman–Crippen LogP) is 3.78. The van der Waals surface area contributed by atoms with Crippen molar-refractivity contribution in [3.8, 4) is 0 Å². The molecule has 5 nitrogen and oxygen atoms in total. The summed E-state index contributed by atoms with van der Waals surface area (Å²) in [5.41, 5.74) is 1.40. The smallest absolute Gasteiger partial charge is 0.244 e. The van der Waals surface area contributed by atoms with Gasteiger partial charge in [0.2, 0.25) is 5.91 Å². The third-order valence-electron chi connectivity index (χ3n) is 3.46. The number of pyridine rings is 1. The summed E-state index contributed by atoms with van der Waals surface area (Å²) < 4.78 is 7.32. The Hall–Kier alpha value is -2.53. The number of rotatable bonds is 4. The van der Waals surface area contributed by atoms with Gasteiger partial charge in [0.25, 0.3) is 0 Å². The predicted molar refractivity (Wildman–Crippen MR) is 89.2 cm³/mol. The van der Waals surface area contributed by atoms with E-state index in [1.807, 2.05) is 54.8 Å². The Bertz CT molecular complexity index is 879. The first-order chi connectivity index (χ1) is 11.0. The summed E-state index contributed by atoms with van der Waals surface area (Å²) in [5, 5.41) is 3.20. The maximum absolute atomic E-state index is 12.1. The highest BCUT2D eigenvalue weighted by Crippen LogP contribution is 2.19. The van der Waals surface area contributed by atoms with Crippen LogP contribution in [0.15, 0.2) is 47.0 Å². The topological polar surface area (TPSA) is 59.5 Å². The molecular formula is C17H16ClN3O2. The van der Waals surface area contributed by atoms with E-state index in [2.05, 4.69) is 10.3 Å². The summed E-state index contributed by atoms with van der Waals surface area (Å²) >= 11 is 6.13. The molecule has 3 aromatic heterocycles. The first kappa shape index (κ1) is 15.4. The largest absolute Gasteiger partial charge is 0.464 e. The van der Waals surface area contributed by atoms with Gasteiger partial charge in [-0.3, -0.25) is 9.20 Å². The van der Waals surface area contributed by atoms with Crippen molar-refractivity contribution in [3.05, 3.63) is 65.0 Å². The van der Waals surface area contributed by atoms with Gasteiger partial charge in [0.1, 0.15) is 17.2 Å². The fourth-order valence-electron chi connectivity index (χ4n) is 2.31. The third-order valence-corrected chi connectivity index (χ3v) is 3.74. The average Bonchev–Trinajstić information content (AvgIpc) is 3.08. The van der Waals surface area contributed by atoms with Crippen molar-refractivity contribution in [3.63, 3.8) is 0 Å². The van der Waals surface area contributed by atoms with E-state index in [-0.39, 0.29) is 11.9 Å². The highest BCUT2D eigenvalue weighted by Gasteiger charge is 2.12. The molecule has 0 spiro atoms. The molecule has 0 radical (unpaired) electrons. The minimum Gasteiger partial charge on any atom is -0.464 e. The number of nitrogens with one attached hydrogen (secondary N) is 1. The van der Waals surface area contributed by atoms with Crippen molar-refractivity contribution in [2.45, 2.75) is 19.9 Å². The van der Waals surface area contributed by atoms with E-state index in [0.717, 1.165) is 17.2 Å². The zero-order chi connectivity index (χ0) is 16.4. The first-order valence-electron chi connectivity index (χ1n) is 7.22. The Morgan fingerprint density at radius 1 is 1.39 bits per heavy atom. The van der Waals surface area contributed by atoms with Crippen LogP contribution in [0, 0.1) is 6.92 Å². The molecule has 23 heavy (non-hydrogen) atoms. The Labute approximate surface area is 138 Å². The number of imidazole rings is 1. The molecule has 0 aliphatic heterocycles. The zero-order valence-electron chi connectivity index (χ0n) is 12.8. The molecule has 1 unspecified atom stereocenters. The SMILES string of the molecule is Cc1ccc(C(C)NC(=O)/C=C/c2c(Cl)nc3ccccn23)o1. The molecule has 1 N–H and O–H groups in total. The quantitative estimate of drug-likeness (QED) is 0.741. The number of hydrogen-bond donors (Lipinski definition) is 1. The summed E-state index contributed by atoms with van der Waals surface area (Å²) in [5.74, 6) is 1.31. The monoisotopic (exact) mass is 329 g/mol. The normalized spacial score (nSPS) is 12.8. The molecule has 0 fully saturated rings. The van der Waals surface area contributed by atoms with Crippen LogP contribution in [0.25, 0.3) is 11.7 Å². The van der Waals surface area contributed by atoms with Gasteiger partial charge in [-0.25, -0.2) is 4.98 Å². The number of carbonyl (C=O) groups is 1. The lowest BCUT2D eigenvalue weighted by Gasteiger charge is -2.09. The maximum atomic E-state index is 12.1. The van der Waals surface area contributed by atoms with Crippen LogP contribution < -0.4 is 5.32 Å². The Morgan fingerprint density at radius 2 is 2.22 bits per heavy atom. The molecule has 0 saturated carbocycles. The Balaban J connectivity index is 1.74. The van der Waals surface area contributed by atoms with Crippen molar-refractivity contribution < 1.29 is 9.21 Å². The van der Waals surface area contributed by atoms with Gasteiger partial charge < -0.3 is 9.73 Å². The number of aryl methyl sites for hydroxylation is 1. The van der Waals surface area contributed by atoms with Crippen molar-refractivity contribution in [2.75, 3.05) is 0 Å². The van der Waals surface area contributed by atoms with E-state index >= 15 is 0 Å². The highest BCUT2D eigenvalue weighted by molar-refractivity contribution is 6.31. The number of amides is 1. The lowest BCUT2D eigenvalue weighted by molar-refractivity contribution is -0.117. The van der Waals surface area contributed by atoms with E-state index in [1.165, 1.54) is 6.08 Å². The number of carbonyl (C=O) groups excluding carboxylic acids is 1. The van der Waals surface area contributed by atoms with Gasteiger partial charge in [-0.15, -0.1) is 0 Å². The summed E-state index contributed by atoms with van der Waals surface area (Å²) in [6.07, 6.45) is 4.94. The van der Waals surface area contributed by atoms with Gasteiger partial charge in [0.05, 0.1) is 11.7 Å². The first-order valence-corrected chi connectivity index (χ1v) is 7.60. The van der Waals surface area contributed by atoms with Crippen molar-refractivity contribution >= 4 is 29.2 Å². The molecule has 0 bridgehead atoms. The number of fused-ring (bicyclic) bond motifs is 1. The van der Waals surface area contributed by atoms with Gasteiger partial charge in [-0.2, -0.15) is 0 Å². The molecule has 1 amide bonds. The number of aromatic nitrogens is 2. The molecule has 118 valence electrons. The minimum absolute atomic E-state index is 0.210. The summed E-state index contributed by atoms with van der Waals surface area (Å²) in [6, 6.07) is 9.12. The van der Waals surface area contributed by atoms with Crippen LogP contribution in [-0.2, 0) is 4.79 Å². The molecule has 0 saturated heterocycles. The van der Waals surface area contributed by atoms with Gasteiger partial charge in [0, 0.05) is 12.3 Å². The number of hydrogen-bond acceptors (Lipinski definition) is 3. The zero-order valence-corrected chi connectivity index (χ0v) is 13.5. The van der Waals surface area contributed by atoms with Crippen LogP contribution in [0.1, 0.15) is 30.2 Å². The van der Waals surface area contributed by atoms with Gasteiger partial charge in [-0.05, 0) is 44.2 Å². The van der Waals surface area contributed by atoms with E-state index < -0.39 is 0 Å². The lowest BCUT2D eigenvalue weighted by Crippen LogP contribution is -2.24. The van der Waals surface area contributed by atoms with Crippen molar-refractivity contribution in [1.29, 1.82) is 0 Å². The number of furan rings is 1. The van der Waals surface area contributed by atoms with E-state index in [9.17, 15) is 4.79 Å².